The lowest BCUT2D eigenvalue weighted by Gasteiger charge is -2.23. The predicted molar refractivity (Wildman–Crippen MR) is 75.9 cm³/mol. The maximum atomic E-state index is 11.4. The van der Waals surface area contributed by atoms with Crippen LogP contribution in [0.25, 0.3) is 0 Å². The normalized spacial score (nSPS) is 17.9. The van der Waals surface area contributed by atoms with Crippen LogP contribution in [0.4, 0.5) is 17.3 Å². The van der Waals surface area contributed by atoms with Gasteiger partial charge in [0, 0.05) is 19.1 Å². The molecule has 1 heterocycles. The van der Waals surface area contributed by atoms with Crippen molar-refractivity contribution in [2.45, 2.75) is 38.6 Å². The fourth-order valence-corrected chi connectivity index (χ4v) is 2.42. The molecule has 0 radical (unpaired) electrons. The van der Waals surface area contributed by atoms with Crippen molar-refractivity contribution in [1.29, 1.82) is 0 Å². The van der Waals surface area contributed by atoms with Gasteiger partial charge in [-0.2, -0.15) is 0 Å². The number of hydrogen-bond acceptors (Lipinski definition) is 6. The lowest BCUT2D eigenvalue weighted by molar-refractivity contribution is -0.383. The van der Waals surface area contributed by atoms with Crippen molar-refractivity contribution in [3.63, 3.8) is 0 Å². The van der Waals surface area contributed by atoms with Crippen LogP contribution in [0.3, 0.4) is 0 Å². The molecule has 0 spiro atoms. The van der Waals surface area contributed by atoms with Crippen LogP contribution in [0.2, 0.25) is 0 Å². The van der Waals surface area contributed by atoms with Crippen molar-refractivity contribution in [2.24, 2.45) is 5.92 Å². The fourth-order valence-electron chi connectivity index (χ4n) is 2.42. The van der Waals surface area contributed by atoms with Crippen molar-refractivity contribution < 1.29 is 4.92 Å². The van der Waals surface area contributed by atoms with Gasteiger partial charge in [-0.05, 0) is 38.5 Å². The topological polar surface area (TPSA) is 84.2 Å². The lowest BCUT2D eigenvalue weighted by atomic mass is 10.3. The Kier molecular flexibility index (Phi) is 3.42. The summed E-state index contributed by atoms with van der Waals surface area (Å²) in [6.07, 6.45) is 6.07. The van der Waals surface area contributed by atoms with E-state index in [1.807, 2.05) is 6.92 Å². The van der Waals surface area contributed by atoms with Crippen molar-refractivity contribution in [3.05, 3.63) is 16.4 Å². The molecule has 0 bridgehead atoms. The molecular formula is C13H19N5O2. The van der Waals surface area contributed by atoms with Crippen molar-refractivity contribution in [2.75, 3.05) is 23.3 Å². The number of aromatic nitrogens is 2. The first-order valence-electron chi connectivity index (χ1n) is 7.20. The van der Waals surface area contributed by atoms with Gasteiger partial charge in [0.1, 0.15) is 6.33 Å². The molecule has 7 heteroatoms. The summed E-state index contributed by atoms with van der Waals surface area (Å²) in [6, 6.07) is 0.415. The SMILES string of the molecule is CCNc1ncnc(N(CC2CC2)C2CC2)c1[N+](=O)[O-]. The van der Waals surface area contributed by atoms with E-state index < -0.39 is 0 Å². The molecule has 108 valence electrons. The summed E-state index contributed by atoms with van der Waals surface area (Å²) >= 11 is 0. The van der Waals surface area contributed by atoms with Crippen LogP contribution in [0.15, 0.2) is 6.33 Å². The second-order valence-corrected chi connectivity index (χ2v) is 5.51. The second kappa shape index (κ2) is 5.22. The van der Waals surface area contributed by atoms with Gasteiger partial charge in [0.05, 0.1) is 4.92 Å². The zero-order chi connectivity index (χ0) is 14.1. The Morgan fingerprint density at radius 2 is 2.15 bits per heavy atom. The quantitative estimate of drug-likeness (QED) is 0.607. The third-order valence-corrected chi connectivity index (χ3v) is 3.74. The molecule has 20 heavy (non-hydrogen) atoms. The minimum Gasteiger partial charge on any atom is -0.364 e. The Balaban J connectivity index is 1.96. The van der Waals surface area contributed by atoms with Crippen LogP contribution in [-0.4, -0.2) is 34.0 Å². The highest BCUT2D eigenvalue weighted by atomic mass is 16.6. The van der Waals surface area contributed by atoms with Crippen molar-refractivity contribution >= 4 is 17.3 Å². The predicted octanol–water partition coefficient (Wildman–Crippen LogP) is 2.20. The van der Waals surface area contributed by atoms with E-state index in [1.54, 1.807) is 0 Å². The van der Waals surface area contributed by atoms with E-state index in [0.29, 0.717) is 30.1 Å². The Labute approximate surface area is 117 Å². The summed E-state index contributed by atoms with van der Waals surface area (Å²) in [5.41, 5.74) is 0.0156. The van der Waals surface area contributed by atoms with Gasteiger partial charge in [-0.1, -0.05) is 0 Å². The van der Waals surface area contributed by atoms with Crippen LogP contribution in [0, 0.1) is 16.0 Å². The van der Waals surface area contributed by atoms with Gasteiger partial charge in [-0.15, -0.1) is 0 Å². The Hall–Kier alpha value is -1.92. The van der Waals surface area contributed by atoms with E-state index in [-0.39, 0.29) is 10.6 Å². The molecule has 2 fully saturated rings. The lowest BCUT2D eigenvalue weighted by Crippen LogP contribution is -2.30. The first kappa shape index (κ1) is 13.1. The van der Waals surface area contributed by atoms with E-state index in [0.717, 1.165) is 19.4 Å². The molecule has 7 nitrogen and oxygen atoms in total. The summed E-state index contributed by atoms with van der Waals surface area (Å²) in [7, 11) is 0. The van der Waals surface area contributed by atoms with E-state index in [1.165, 1.54) is 19.2 Å². The molecule has 0 saturated heterocycles. The number of rotatable bonds is 7. The van der Waals surface area contributed by atoms with Gasteiger partial charge in [-0.25, -0.2) is 9.97 Å². The summed E-state index contributed by atoms with van der Waals surface area (Å²) in [5, 5.41) is 14.4. The second-order valence-electron chi connectivity index (χ2n) is 5.51. The van der Waals surface area contributed by atoms with Crippen molar-refractivity contribution in [3.8, 4) is 0 Å². The summed E-state index contributed by atoms with van der Waals surface area (Å²) in [4.78, 5) is 21.4. The van der Waals surface area contributed by atoms with Gasteiger partial charge in [0.2, 0.25) is 11.6 Å². The average Bonchev–Trinajstić information content (AvgIpc) is 3.28. The molecule has 1 aromatic rings. The number of nitro groups is 1. The molecule has 3 rings (SSSR count). The van der Waals surface area contributed by atoms with Crippen LogP contribution in [0.5, 0.6) is 0 Å². The monoisotopic (exact) mass is 277 g/mol. The highest BCUT2D eigenvalue weighted by molar-refractivity contribution is 5.71. The van der Waals surface area contributed by atoms with Crippen LogP contribution >= 0.6 is 0 Å². The maximum Gasteiger partial charge on any atom is 0.353 e. The number of nitrogens with one attached hydrogen (secondary N) is 1. The van der Waals surface area contributed by atoms with Crippen molar-refractivity contribution in [1.82, 2.24) is 9.97 Å². The first-order chi connectivity index (χ1) is 9.70. The largest absolute Gasteiger partial charge is 0.364 e. The highest BCUT2D eigenvalue weighted by Gasteiger charge is 2.38. The molecule has 2 saturated carbocycles. The molecule has 0 aliphatic heterocycles. The third kappa shape index (κ3) is 2.66. The van der Waals surface area contributed by atoms with Gasteiger partial charge < -0.3 is 10.2 Å². The third-order valence-electron chi connectivity index (χ3n) is 3.74. The smallest absolute Gasteiger partial charge is 0.353 e. The molecular weight excluding hydrogens is 258 g/mol. The summed E-state index contributed by atoms with van der Waals surface area (Å²) in [6.45, 7) is 3.38. The van der Waals surface area contributed by atoms with Gasteiger partial charge in [0.25, 0.3) is 0 Å². The van der Waals surface area contributed by atoms with E-state index in [9.17, 15) is 10.1 Å². The van der Waals surface area contributed by atoms with Gasteiger partial charge in [0.15, 0.2) is 0 Å². The Morgan fingerprint density at radius 3 is 2.70 bits per heavy atom. The fraction of sp³-hybridized carbons (Fsp3) is 0.692. The van der Waals surface area contributed by atoms with Crippen LogP contribution < -0.4 is 10.2 Å². The molecule has 0 amide bonds. The average molecular weight is 277 g/mol. The Bertz CT molecular complexity index is 513. The number of anilines is 2. The highest BCUT2D eigenvalue weighted by Crippen LogP contribution is 2.41. The molecule has 2 aliphatic rings. The molecule has 0 unspecified atom stereocenters. The molecule has 1 aromatic heterocycles. The maximum absolute atomic E-state index is 11.4. The van der Waals surface area contributed by atoms with Crippen LogP contribution in [0.1, 0.15) is 32.6 Å². The Morgan fingerprint density at radius 1 is 1.40 bits per heavy atom. The number of nitrogens with zero attached hydrogens (tertiary/aromatic N) is 4. The molecule has 0 aromatic carbocycles. The first-order valence-corrected chi connectivity index (χ1v) is 7.20. The van der Waals surface area contributed by atoms with Gasteiger partial charge in [-0.3, -0.25) is 10.1 Å². The minimum absolute atomic E-state index is 0.0156. The van der Waals surface area contributed by atoms with E-state index in [4.69, 9.17) is 0 Å². The minimum atomic E-state index is -0.365. The van der Waals surface area contributed by atoms with Gasteiger partial charge >= 0.3 is 5.69 Å². The van der Waals surface area contributed by atoms with E-state index in [2.05, 4.69) is 20.2 Å². The molecule has 0 atom stereocenters. The van der Waals surface area contributed by atoms with E-state index >= 15 is 0 Å². The van der Waals surface area contributed by atoms with Crippen LogP contribution in [-0.2, 0) is 0 Å². The standard InChI is InChI=1S/C13H19N5O2/c1-2-14-12-11(18(19)20)13(16-8-15-12)17(10-5-6-10)7-9-3-4-9/h8-10H,2-7H2,1H3,(H,14,15,16). The zero-order valence-electron chi connectivity index (χ0n) is 11.6. The molecule has 1 N–H and O–H groups in total. The zero-order valence-corrected chi connectivity index (χ0v) is 11.6. The molecule has 2 aliphatic carbocycles. The summed E-state index contributed by atoms with van der Waals surface area (Å²) < 4.78 is 0. The summed E-state index contributed by atoms with van der Waals surface area (Å²) in [5.74, 6) is 1.48. The number of hydrogen-bond donors (Lipinski definition) is 1.